The van der Waals surface area contributed by atoms with E-state index in [1.165, 1.54) is 28.5 Å². The molecule has 152 valence electrons. The van der Waals surface area contributed by atoms with Crippen LogP contribution >= 0.6 is 0 Å². The van der Waals surface area contributed by atoms with Crippen LogP contribution in [0.2, 0.25) is 0 Å². The van der Waals surface area contributed by atoms with Crippen molar-refractivity contribution >= 4 is 16.8 Å². The van der Waals surface area contributed by atoms with Crippen molar-refractivity contribution in [2.45, 2.75) is 32.2 Å². The molecule has 30 heavy (non-hydrogen) atoms. The van der Waals surface area contributed by atoms with E-state index in [-0.39, 0.29) is 18.4 Å². The SMILES string of the molecule is Cc1ccc2[nH]c([C@@H]3CCCN(C(=O)Cn4cncn4)C3)c(-c3ccncc3)c2c1. The van der Waals surface area contributed by atoms with Crippen LogP contribution in [0.3, 0.4) is 0 Å². The minimum absolute atomic E-state index is 0.0858. The Balaban J connectivity index is 1.50. The van der Waals surface area contributed by atoms with Crippen molar-refractivity contribution in [3.8, 4) is 11.1 Å². The van der Waals surface area contributed by atoms with Crippen LogP contribution in [0.4, 0.5) is 0 Å². The highest BCUT2D eigenvalue weighted by molar-refractivity contribution is 5.98. The maximum absolute atomic E-state index is 12.8. The molecule has 7 nitrogen and oxygen atoms in total. The van der Waals surface area contributed by atoms with E-state index >= 15 is 0 Å². The maximum Gasteiger partial charge on any atom is 0.244 e. The number of hydrogen-bond acceptors (Lipinski definition) is 4. The smallest absolute Gasteiger partial charge is 0.244 e. The monoisotopic (exact) mass is 400 g/mol. The van der Waals surface area contributed by atoms with Gasteiger partial charge in [-0.2, -0.15) is 5.10 Å². The summed E-state index contributed by atoms with van der Waals surface area (Å²) in [6.07, 6.45) is 8.75. The van der Waals surface area contributed by atoms with Crippen LogP contribution in [-0.4, -0.2) is 48.6 Å². The second-order valence-electron chi connectivity index (χ2n) is 7.97. The van der Waals surface area contributed by atoms with Crippen molar-refractivity contribution in [1.29, 1.82) is 0 Å². The summed E-state index contributed by atoms with van der Waals surface area (Å²) in [7, 11) is 0. The van der Waals surface area contributed by atoms with E-state index in [1.807, 2.05) is 17.3 Å². The van der Waals surface area contributed by atoms with Crippen LogP contribution in [-0.2, 0) is 11.3 Å². The van der Waals surface area contributed by atoms with Gasteiger partial charge >= 0.3 is 0 Å². The van der Waals surface area contributed by atoms with E-state index in [2.05, 4.69) is 57.3 Å². The van der Waals surface area contributed by atoms with Gasteiger partial charge in [0.25, 0.3) is 0 Å². The summed E-state index contributed by atoms with van der Waals surface area (Å²) in [6, 6.07) is 10.6. The molecular weight excluding hydrogens is 376 g/mol. The lowest BCUT2D eigenvalue weighted by molar-refractivity contribution is -0.133. The Labute approximate surface area is 174 Å². The molecule has 1 N–H and O–H groups in total. The molecule has 0 radical (unpaired) electrons. The van der Waals surface area contributed by atoms with Crippen molar-refractivity contribution in [3.05, 3.63) is 66.6 Å². The molecule has 0 bridgehead atoms. The normalized spacial score (nSPS) is 16.8. The number of benzene rings is 1. The summed E-state index contributed by atoms with van der Waals surface area (Å²) in [6.45, 7) is 3.84. The minimum atomic E-state index is 0.0858. The van der Waals surface area contributed by atoms with Gasteiger partial charge in [0.05, 0.1) is 0 Å². The van der Waals surface area contributed by atoms with Crippen molar-refractivity contribution in [2.75, 3.05) is 13.1 Å². The number of rotatable bonds is 4. The second kappa shape index (κ2) is 7.74. The standard InChI is InChI=1S/C23H24N6O/c1-16-4-5-20-19(11-16)22(17-6-8-24-9-7-17)23(27-20)18-3-2-10-28(12-18)21(30)13-29-15-25-14-26-29/h4-9,11,14-15,18,27H,2-3,10,12-13H2,1H3/t18-/m1/s1. The molecule has 1 atom stereocenters. The lowest BCUT2D eigenvalue weighted by Crippen LogP contribution is -2.41. The molecule has 1 amide bonds. The summed E-state index contributed by atoms with van der Waals surface area (Å²) in [5, 5.41) is 5.29. The molecule has 1 aliphatic rings. The molecule has 0 saturated carbocycles. The number of nitrogens with one attached hydrogen (secondary N) is 1. The molecule has 3 aromatic heterocycles. The first-order chi connectivity index (χ1) is 14.7. The zero-order chi connectivity index (χ0) is 20.5. The summed E-state index contributed by atoms with van der Waals surface area (Å²) >= 11 is 0. The summed E-state index contributed by atoms with van der Waals surface area (Å²) in [5.74, 6) is 0.344. The molecule has 5 rings (SSSR count). The number of H-pyrrole nitrogens is 1. The van der Waals surface area contributed by atoms with Crippen LogP contribution in [0.25, 0.3) is 22.0 Å². The molecule has 1 aromatic carbocycles. The van der Waals surface area contributed by atoms with E-state index < -0.39 is 0 Å². The largest absolute Gasteiger partial charge is 0.358 e. The number of hydrogen-bond donors (Lipinski definition) is 1. The third kappa shape index (κ3) is 3.47. The predicted molar refractivity (Wildman–Crippen MR) is 115 cm³/mol. The molecule has 1 aliphatic heterocycles. The van der Waals surface area contributed by atoms with E-state index in [9.17, 15) is 4.79 Å². The molecule has 7 heteroatoms. The fraction of sp³-hybridized carbons (Fsp3) is 0.304. The van der Waals surface area contributed by atoms with Crippen LogP contribution in [0.5, 0.6) is 0 Å². The van der Waals surface area contributed by atoms with Gasteiger partial charge in [-0.15, -0.1) is 0 Å². The summed E-state index contributed by atoms with van der Waals surface area (Å²) < 4.78 is 1.58. The molecule has 4 aromatic rings. The number of likely N-dealkylation sites (tertiary alicyclic amines) is 1. The number of aryl methyl sites for hydroxylation is 1. The van der Waals surface area contributed by atoms with Gasteiger partial charge in [-0.25, -0.2) is 9.67 Å². The van der Waals surface area contributed by atoms with E-state index in [0.717, 1.165) is 30.5 Å². The number of pyridine rings is 1. The molecule has 1 saturated heterocycles. The quantitative estimate of drug-likeness (QED) is 0.568. The zero-order valence-corrected chi connectivity index (χ0v) is 17.0. The van der Waals surface area contributed by atoms with E-state index in [1.54, 1.807) is 11.0 Å². The van der Waals surface area contributed by atoms with Crippen molar-refractivity contribution in [3.63, 3.8) is 0 Å². The highest BCUT2D eigenvalue weighted by atomic mass is 16.2. The number of carbonyl (C=O) groups excluding carboxylic acids is 1. The number of carbonyl (C=O) groups is 1. The first kappa shape index (κ1) is 18.5. The van der Waals surface area contributed by atoms with Gasteiger partial charge < -0.3 is 9.88 Å². The minimum Gasteiger partial charge on any atom is -0.358 e. The Kier molecular flexibility index (Phi) is 4.78. The molecule has 1 fully saturated rings. The number of amides is 1. The van der Waals surface area contributed by atoms with Crippen LogP contribution in [0, 0.1) is 6.92 Å². The van der Waals surface area contributed by atoms with Gasteiger partial charge in [-0.1, -0.05) is 11.6 Å². The highest BCUT2D eigenvalue weighted by Gasteiger charge is 2.28. The van der Waals surface area contributed by atoms with E-state index in [0.29, 0.717) is 6.54 Å². The Morgan fingerprint density at radius 2 is 2.07 bits per heavy atom. The molecule has 0 unspecified atom stereocenters. The van der Waals surface area contributed by atoms with Gasteiger partial charge in [0.15, 0.2) is 0 Å². The first-order valence-electron chi connectivity index (χ1n) is 10.3. The fourth-order valence-corrected chi connectivity index (χ4v) is 4.45. The fourth-order valence-electron chi connectivity index (χ4n) is 4.45. The molecule has 0 aliphatic carbocycles. The van der Waals surface area contributed by atoms with Crippen LogP contribution in [0.1, 0.15) is 30.0 Å². The Bertz CT molecular complexity index is 1170. The Morgan fingerprint density at radius 3 is 2.87 bits per heavy atom. The average Bonchev–Trinajstić information content (AvgIpc) is 3.42. The van der Waals surface area contributed by atoms with Gasteiger partial charge in [-0.05, 0) is 49.6 Å². The van der Waals surface area contributed by atoms with Gasteiger partial charge in [0.1, 0.15) is 19.2 Å². The topological polar surface area (TPSA) is 79.7 Å². The van der Waals surface area contributed by atoms with Crippen molar-refractivity contribution in [2.24, 2.45) is 0 Å². The number of aromatic nitrogens is 5. The molecule has 4 heterocycles. The maximum atomic E-state index is 12.8. The lowest BCUT2D eigenvalue weighted by Gasteiger charge is -2.33. The third-order valence-electron chi connectivity index (χ3n) is 5.90. The second-order valence-corrected chi connectivity index (χ2v) is 7.97. The zero-order valence-electron chi connectivity index (χ0n) is 17.0. The Morgan fingerprint density at radius 1 is 1.20 bits per heavy atom. The molecule has 0 spiro atoms. The average molecular weight is 400 g/mol. The lowest BCUT2D eigenvalue weighted by atomic mass is 9.89. The van der Waals surface area contributed by atoms with Gasteiger partial charge in [0.2, 0.25) is 5.91 Å². The number of fused-ring (bicyclic) bond motifs is 1. The van der Waals surface area contributed by atoms with Gasteiger partial charge in [0, 0.05) is 53.6 Å². The number of aromatic amines is 1. The number of nitrogens with zero attached hydrogens (tertiary/aromatic N) is 5. The third-order valence-corrected chi connectivity index (χ3v) is 5.90. The van der Waals surface area contributed by atoms with Crippen molar-refractivity contribution in [1.82, 2.24) is 29.6 Å². The molecular formula is C23H24N6O. The van der Waals surface area contributed by atoms with Gasteiger partial charge in [-0.3, -0.25) is 9.78 Å². The first-order valence-corrected chi connectivity index (χ1v) is 10.3. The van der Waals surface area contributed by atoms with Crippen LogP contribution in [0.15, 0.2) is 55.4 Å². The predicted octanol–water partition coefficient (Wildman–Crippen LogP) is 3.54. The summed E-state index contributed by atoms with van der Waals surface area (Å²) in [5.41, 5.74) is 5.96. The summed E-state index contributed by atoms with van der Waals surface area (Å²) in [4.78, 5) is 26.6. The highest BCUT2D eigenvalue weighted by Crippen LogP contribution is 2.39. The van der Waals surface area contributed by atoms with Crippen LogP contribution < -0.4 is 0 Å². The van der Waals surface area contributed by atoms with Crippen molar-refractivity contribution < 1.29 is 4.79 Å². The Hall–Kier alpha value is -3.48. The van der Waals surface area contributed by atoms with E-state index in [4.69, 9.17) is 0 Å². The number of piperidine rings is 1.